The highest BCUT2D eigenvalue weighted by atomic mass is 35.5. The molecule has 1 aromatic heterocycles. The van der Waals surface area contributed by atoms with Crippen LogP contribution in [0, 0.1) is 12.7 Å². The summed E-state index contributed by atoms with van der Waals surface area (Å²) in [7, 11) is 0. The summed E-state index contributed by atoms with van der Waals surface area (Å²) < 4.78 is 13.7. The highest BCUT2D eigenvalue weighted by molar-refractivity contribution is 6.30. The molecule has 0 spiro atoms. The van der Waals surface area contributed by atoms with E-state index in [1.54, 1.807) is 18.3 Å². The molecule has 0 saturated heterocycles. The minimum Gasteiger partial charge on any atom is -0.383 e. The molecule has 0 bridgehead atoms. The Morgan fingerprint density at radius 2 is 2.06 bits per heavy atom. The highest BCUT2D eigenvalue weighted by Gasteiger charge is 2.17. The van der Waals surface area contributed by atoms with Crippen LogP contribution in [0.5, 0.6) is 0 Å². The van der Waals surface area contributed by atoms with E-state index in [4.69, 9.17) is 11.6 Å². The quantitative estimate of drug-likeness (QED) is 0.889. The molecule has 0 fully saturated rings. The van der Waals surface area contributed by atoms with Crippen molar-refractivity contribution in [3.05, 3.63) is 64.2 Å². The SMILES string of the molecule is Cc1ccncc1C(O)c1ccc(Cl)cc1F. The lowest BCUT2D eigenvalue weighted by Gasteiger charge is -2.14. The molecule has 2 aromatic rings. The zero-order chi connectivity index (χ0) is 12.4. The Morgan fingerprint density at radius 1 is 1.29 bits per heavy atom. The van der Waals surface area contributed by atoms with Crippen molar-refractivity contribution in [2.45, 2.75) is 13.0 Å². The summed E-state index contributed by atoms with van der Waals surface area (Å²) in [5.41, 5.74) is 1.65. The number of hydrogen-bond donors (Lipinski definition) is 1. The molecule has 0 aliphatic rings. The van der Waals surface area contributed by atoms with E-state index in [-0.39, 0.29) is 5.56 Å². The topological polar surface area (TPSA) is 33.1 Å². The lowest BCUT2D eigenvalue weighted by Crippen LogP contribution is -2.04. The van der Waals surface area contributed by atoms with Crippen LogP contribution in [0.4, 0.5) is 4.39 Å². The van der Waals surface area contributed by atoms with Crippen molar-refractivity contribution in [3.8, 4) is 0 Å². The van der Waals surface area contributed by atoms with E-state index in [9.17, 15) is 9.50 Å². The number of hydrogen-bond acceptors (Lipinski definition) is 2. The molecular weight excluding hydrogens is 241 g/mol. The van der Waals surface area contributed by atoms with Gasteiger partial charge in [-0.25, -0.2) is 4.39 Å². The Labute approximate surface area is 104 Å². The van der Waals surface area contributed by atoms with Crippen LogP contribution in [0.1, 0.15) is 22.8 Å². The third-order valence-corrected chi connectivity index (χ3v) is 2.87. The molecule has 2 nitrogen and oxygen atoms in total. The Kier molecular flexibility index (Phi) is 3.41. The molecule has 4 heteroatoms. The van der Waals surface area contributed by atoms with E-state index in [0.717, 1.165) is 5.56 Å². The average Bonchev–Trinajstić information content (AvgIpc) is 2.29. The van der Waals surface area contributed by atoms with E-state index in [1.165, 1.54) is 18.3 Å². The summed E-state index contributed by atoms with van der Waals surface area (Å²) in [4.78, 5) is 3.93. The van der Waals surface area contributed by atoms with Gasteiger partial charge in [0.1, 0.15) is 11.9 Å². The third-order valence-electron chi connectivity index (χ3n) is 2.63. The number of rotatable bonds is 2. The molecule has 17 heavy (non-hydrogen) atoms. The molecule has 1 heterocycles. The van der Waals surface area contributed by atoms with E-state index >= 15 is 0 Å². The number of aliphatic hydroxyl groups is 1. The van der Waals surface area contributed by atoms with Gasteiger partial charge in [0.25, 0.3) is 0 Å². The number of aryl methyl sites for hydroxylation is 1. The van der Waals surface area contributed by atoms with E-state index in [0.29, 0.717) is 10.6 Å². The summed E-state index contributed by atoms with van der Waals surface area (Å²) in [5, 5.41) is 10.4. The molecule has 0 saturated carbocycles. The maximum atomic E-state index is 13.7. The van der Waals surface area contributed by atoms with Crippen molar-refractivity contribution in [1.82, 2.24) is 4.98 Å². The first-order valence-electron chi connectivity index (χ1n) is 5.13. The smallest absolute Gasteiger partial charge is 0.130 e. The second kappa shape index (κ2) is 4.82. The van der Waals surface area contributed by atoms with Crippen molar-refractivity contribution in [2.75, 3.05) is 0 Å². The van der Waals surface area contributed by atoms with Gasteiger partial charge in [0.2, 0.25) is 0 Å². The fraction of sp³-hybridized carbons (Fsp3) is 0.154. The first-order valence-corrected chi connectivity index (χ1v) is 5.51. The maximum absolute atomic E-state index is 13.7. The number of aromatic nitrogens is 1. The lowest BCUT2D eigenvalue weighted by atomic mass is 9.99. The Balaban J connectivity index is 2.44. The zero-order valence-corrected chi connectivity index (χ0v) is 9.95. The molecular formula is C13H11ClFNO. The summed E-state index contributed by atoms with van der Waals surface area (Å²) in [5.74, 6) is -0.520. The molecule has 0 radical (unpaired) electrons. The summed E-state index contributed by atoms with van der Waals surface area (Å²) >= 11 is 5.66. The molecule has 2 rings (SSSR count). The van der Waals surface area contributed by atoms with Gasteiger partial charge in [0, 0.05) is 28.5 Å². The van der Waals surface area contributed by atoms with Crippen LogP contribution in [-0.2, 0) is 0 Å². The van der Waals surface area contributed by atoms with E-state index in [2.05, 4.69) is 4.98 Å². The standard InChI is InChI=1S/C13H11ClFNO/c1-8-4-5-16-7-11(8)13(17)10-3-2-9(14)6-12(10)15/h2-7,13,17H,1H3. The van der Waals surface area contributed by atoms with Crippen molar-refractivity contribution < 1.29 is 9.50 Å². The number of halogens is 2. The zero-order valence-electron chi connectivity index (χ0n) is 9.19. The molecule has 0 aliphatic heterocycles. The van der Waals surface area contributed by atoms with Gasteiger partial charge in [-0.3, -0.25) is 4.98 Å². The van der Waals surface area contributed by atoms with E-state index in [1.807, 2.05) is 6.92 Å². The predicted octanol–water partition coefficient (Wildman–Crippen LogP) is 3.26. The van der Waals surface area contributed by atoms with Crippen LogP contribution in [0.2, 0.25) is 5.02 Å². The van der Waals surface area contributed by atoms with Gasteiger partial charge >= 0.3 is 0 Å². The van der Waals surface area contributed by atoms with Crippen LogP contribution in [0.25, 0.3) is 0 Å². The minimum atomic E-state index is -1.03. The van der Waals surface area contributed by atoms with Crippen molar-refractivity contribution in [3.63, 3.8) is 0 Å². The normalized spacial score (nSPS) is 12.5. The van der Waals surface area contributed by atoms with Gasteiger partial charge in [-0.15, -0.1) is 0 Å². The lowest BCUT2D eigenvalue weighted by molar-refractivity contribution is 0.214. The molecule has 1 atom stereocenters. The first kappa shape index (κ1) is 12.0. The number of aliphatic hydroxyl groups excluding tert-OH is 1. The highest BCUT2D eigenvalue weighted by Crippen LogP contribution is 2.27. The minimum absolute atomic E-state index is 0.200. The number of pyridine rings is 1. The van der Waals surface area contributed by atoms with Crippen molar-refractivity contribution >= 4 is 11.6 Å². The molecule has 1 aromatic carbocycles. The van der Waals surface area contributed by atoms with Gasteiger partial charge in [0.05, 0.1) is 0 Å². The second-order valence-corrected chi connectivity index (χ2v) is 4.24. The number of nitrogens with zero attached hydrogens (tertiary/aromatic N) is 1. The third kappa shape index (κ3) is 2.46. The molecule has 0 aliphatic carbocycles. The maximum Gasteiger partial charge on any atom is 0.130 e. The van der Waals surface area contributed by atoms with Crippen LogP contribution >= 0.6 is 11.6 Å². The van der Waals surface area contributed by atoms with Gasteiger partial charge in [-0.05, 0) is 30.7 Å². The molecule has 1 N–H and O–H groups in total. The van der Waals surface area contributed by atoms with Gasteiger partial charge in [0.15, 0.2) is 0 Å². The van der Waals surface area contributed by atoms with Gasteiger partial charge in [-0.1, -0.05) is 17.7 Å². The molecule has 0 amide bonds. The Morgan fingerprint density at radius 3 is 2.71 bits per heavy atom. The Hall–Kier alpha value is -1.45. The van der Waals surface area contributed by atoms with Gasteiger partial charge in [-0.2, -0.15) is 0 Å². The first-order chi connectivity index (χ1) is 8.09. The fourth-order valence-electron chi connectivity index (χ4n) is 1.65. The van der Waals surface area contributed by atoms with Crippen LogP contribution in [0.15, 0.2) is 36.7 Å². The fourth-order valence-corrected chi connectivity index (χ4v) is 1.81. The van der Waals surface area contributed by atoms with Crippen LogP contribution in [0.3, 0.4) is 0 Å². The van der Waals surface area contributed by atoms with Crippen LogP contribution < -0.4 is 0 Å². The molecule has 88 valence electrons. The predicted molar refractivity (Wildman–Crippen MR) is 64.4 cm³/mol. The van der Waals surface area contributed by atoms with Crippen LogP contribution in [-0.4, -0.2) is 10.1 Å². The summed E-state index contributed by atoms with van der Waals surface area (Å²) in [6.45, 7) is 1.84. The van der Waals surface area contributed by atoms with Crippen molar-refractivity contribution in [2.24, 2.45) is 0 Å². The summed E-state index contributed by atoms with van der Waals surface area (Å²) in [6, 6.07) is 5.99. The monoisotopic (exact) mass is 251 g/mol. The van der Waals surface area contributed by atoms with Gasteiger partial charge < -0.3 is 5.11 Å². The largest absolute Gasteiger partial charge is 0.383 e. The summed E-state index contributed by atoms with van der Waals surface area (Å²) in [6.07, 6.45) is 2.14. The molecule has 1 unspecified atom stereocenters. The number of benzene rings is 1. The van der Waals surface area contributed by atoms with E-state index < -0.39 is 11.9 Å². The Bertz CT molecular complexity index is 545. The average molecular weight is 252 g/mol. The van der Waals surface area contributed by atoms with Crippen molar-refractivity contribution in [1.29, 1.82) is 0 Å². The second-order valence-electron chi connectivity index (χ2n) is 3.80.